The summed E-state index contributed by atoms with van der Waals surface area (Å²) in [5, 5.41) is 13.7. The van der Waals surface area contributed by atoms with Crippen molar-refractivity contribution in [2.75, 3.05) is 7.11 Å². The van der Waals surface area contributed by atoms with Gasteiger partial charge in [-0.3, -0.25) is 4.68 Å². The van der Waals surface area contributed by atoms with Crippen LogP contribution in [0.4, 0.5) is 0 Å². The first kappa shape index (κ1) is 13.4. The van der Waals surface area contributed by atoms with Gasteiger partial charge in [0.25, 0.3) is 0 Å². The van der Waals surface area contributed by atoms with E-state index in [4.69, 9.17) is 21.4 Å². The molecule has 0 aliphatic rings. The lowest BCUT2D eigenvalue weighted by molar-refractivity contribution is 0.0696. The summed E-state index contributed by atoms with van der Waals surface area (Å²) in [4.78, 5) is 11.0. The van der Waals surface area contributed by atoms with Crippen molar-refractivity contribution in [3.63, 3.8) is 0 Å². The minimum absolute atomic E-state index is 0.215. The van der Waals surface area contributed by atoms with Crippen molar-refractivity contribution in [3.05, 3.63) is 46.2 Å². The standard InChI is InChI=1S/C13H13ClN2O3/c1-8-11(14)6-15-16(8)7-10-5-9(13(17)18)3-4-12(10)19-2/h3-6H,7H2,1-2H3,(H,17,18). The fraction of sp³-hybridized carbons (Fsp3) is 0.231. The Morgan fingerprint density at radius 2 is 2.26 bits per heavy atom. The molecule has 0 aliphatic heterocycles. The van der Waals surface area contributed by atoms with Gasteiger partial charge in [-0.2, -0.15) is 5.10 Å². The maximum Gasteiger partial charge on any atom is 0.335 e. The summed E-state index contributed by atoms with van der Waals surface area (Å²) < 4.78 is 6.93. The number of methoxy groups -OCH3 is 1. The quantitative estimate of drug-likeness (QED) is 0.935. The Bertz CT molecular complexity index is 622. The molecule has 0 amide bonds. The minimum Gasteiger partial charge on any atom is -0.496 e. The Labute approximate surface area is 115 Å². The van der Waals surface area contributed by atoms with Crippen molar-refractivity contribution in [1.29, 1.82) is 0 Å². The van der Waals surface area contributed by atoms with Crippen molar-refractivity contribution in [1.82, 2.24) is 9.78 Å². The number of nitrogens with zero attached hydrogens (tertiary/aromatic N) is 2. The highest BCUT2D eigenvalue weighted by atomic mass is 35.5. The van der Waals surface area contributed by atoms with Crippen molar-refractivity contribution >= 4 is 17.6 Å². The van der Waals surface area contributed by atoms with Crippen LogP contribution in [-0.4, -0.2) is 28.0 Å². The third-order valence-corrected chi connectivity index (χ3v) is 3.26. The number of benzene rings is 1. The molecule has 5 nitrogen and oxygen atoms in total. The van der Waals surface area contributed by atoms with Gasteiger partial charge in [-0.1, -0.05) is 11.6 Å². The number of halogens is 1. The molecule has 19 heavy (non-hydrogen) atoms. The van der Waals surface area contributed by atoms with Crippen LogP contribution in [0.25, 0.3) is 0 Å². The maximum absolute atomic E-state index is 11.0. The third-order valence-electron chi connectivity index (χ3n) is 2.89. The van der Waals surface area contributed by atoms with E-state index in [9.17, 15) is 4.79 Å². The van der Waals surface area contributed by atoms with Crippen molar-refractivity contribution in [2.45, 2.75) is 13.5 Å². The zero-order valence-electron chi connectivity index (χ0n) is 10.6. The van der Waals surface area contributed by atoms with Gasteiger partial charge >= 0.3 is 5.97 Å². The SMILES string of the molecule is COc1ccc(C(=O)O)cc1Cn1ncc(Cl)c1C. The molecule has 0 fully saturated rings. The lowest BCUT2D eigenvalue weighted by Crippen LogP contribution is -2.07. The summed E-state index contributed by atoms with van der Waals surface area (Å²) in [5.41, 5.74) is 1.78. The van der Waals surface area contributed by atoms with E-state index >= 15 is 0 Å². The molecule has 1 heterocycles. The fourth-order valence-electron chi connectivity index (χ4n) is 1.78. The molecule has 6 heteroatoms. The van der Waals surface area contributed by atoms with Gasteiger partial charge in [0, 0.05) is 5.56 Å². The molecule has 0 atom stereocenters. The predicted molar refractivity (Wildman–Crippen MR) is 71.0 cm³/mol. The summed E-state index contributed by atoms with van der Waals surface area (Å²) in [6, 6.07) is 4.73. The molecule has 0 bridgehead atoms. The normalized spacial score (nSPS) is 10.5. The number of hydrogen-bond donors (Lipinski definition) is 1. The molecule has 0 saturated heterocycles. The summed E-state index contributed by atoms with van der Waals surface area (Å²) in [6.07, 6.45) is 1.56. The van der Waals surface area contributed by atoms with E-state index in [2.05, 4.69) is 5.10 Å². The Balaban J connectivity index is 2.40. The average Bonchev–Trinajstić information content (AvgIpc) is 2.70. The predicted octanol–water partition coefficient (Wildman–Crippen LogP) is 2.60. The highest BCUT2D eigenvalue weighted by Gasteiger charge is 2.11. The van der Waals surface area contributed by atoms with E-state index in [0.717, 1.165) is 11.3 Å². The van der Waals surface area contributed by atoms with E-state index in [1.54, 1.807) is 30.1 Å². The Morgan fingerprint density at radius 3 is 2.79 bits per heavy atom. The lowest BCUT2D eigenvalue weighted by Gasteiger charge is -2.10. The molecule has 1 aromatic heterocycles. The average molecular weight is 281 g/mol. The number of hydrogen-bond acceptors (Lipinski definition) is 3. The highest BCUT2D eigenvalue weighted by molar-refractivity contribution is 6.31. The van der Waals surface area contributed by atoms with Gasteiger partial charge < -0.3 is 9.84 Å². The van der Waals surface area contributed by atoms with Crippen molar-refractivity contribution in [3.8, 4) is 5.75 Å². The van der Waals surface area contributed by atoms with Gasteiger partial charge in [0.05, 0.1) is 36.1 Å². The smallest absolute Gasteiger partial charge is 0.335 e. The van der Waals surface area contributed by atoms with Crippen LogP contribution in [0.5, 0.6) is 5.75 Å². The van der Waals surface area contributed by atoms with E-state index in [1.807, 2.05) is 6.92 Å². The van der Waals surface area contributed by atoms with Crippen molar-refractivity contribution < 1.29 is 14.6 Å². The van der Waals surface area contributed by atoms with E-state index in [-0.39, 0.29) is 5.56 Å². The van der Waals surface area contributed by atoms with Gasteiger partial charge in [0.2, 0.25) is 0 Å². The van der Waals surface area contributed by atoms with Crippen molar-refractivity contribution in [2.24, 2.45) is 0 Å². The van der Waals surface area contributed by atoms with Crippen LogP contribution in [0.2, 0.25) is 5.02 Å². The molecular weight excluding hydrogens is 268 g/mol. The summed E-state index contributed by atoms with van der Waals surface area (Å²) in [5.74, 6) is -0.352. The molecule has 0 saturated carbocycles. The summed E-state index contributed by atoms with van der Waals surface area (Å²) in [6.45, 7) is 2.26. The van der Waals surface area contributed by atoms with Gasteiger partial charge in [0.15, 0.2) is 0 Å². The second-order valence-electron chi connectivity index (χ2n) is 4.07. The molecule has 2 rings (SSSR count). The van der Waals surface area contributed by atoms with Crippen LogP contribution in [0.15, 0.2) is 24.4 Å². The first-order chi connectivity index (χ1) is 9.02. The number of rotatable bonds is 4. The molecule has 0 radical (unpaired) electrons. The first-order valence-corrected chi connectivity index (χ1v) is 5.99. The molecule has 0 unspecified atom stereocenters. The molecule has 1 N–H and O–H groups in total. The molecule has 0 spiro atoms. The van der Waals surface area contributed by atoms with Gasteiger partial charge in [0.1, 0.15) is 5.75 Å². The number of carbonyl (C=O) groups is 1. The molecule has 1 aromatic carbocycles. The van der Waals surface area contributed by atoms with Crippen LogP contribution in [0.1, 0.15) is 21.6 Å². The van der Waals surface area contributed by atoms with Gasteiger partial charge in [-0.15, -0.1) is 0 Å². The lowest BCUT2D eigenvalue weighted by atomic mass is 10.1. The third kappa shape index (κ3) is 2.71. The number of aromatic nitrogens is 2. The van der Waals surface area contributed by atoms with E-state index in [0.29, 0.717) is 17.3 Å². The maximum atomic E-state index is 11.0. The Morgan fingerprint density at radius 1 is 1.53 bits per heavy atom. The Kier molecular flexibility index (Phi) is 3.76. The summed E-state index contributed by atoms with van der Waals surface area (Å²) >= 11 is 5.94. The van der Waals surface area contributed by atoms with Gasteiger partial charge in [-0.05, 0) is 25.1 Å². The first-order valence-electron chi connectivity index (χ1n) is 5.61. The van der Waals surface area contributed by atoms with Crippen LogP contribution < -0.4 is 4.74 Å². The molecule has 0 aliphatic carbocycles. The van der Waals surface area contributed by atoms with Crippen LogP contribution in [0, 0.1) is 6.92 Å². The minimum atomic E-state index is -0.973. The largest absolute Gasteiger partial charge is 0.496 e. The topological polar surface area (TPSA) is 64.3 Å². The van der Waals surface area contributed by atoms with Crippen LogP contribution in [0.3, 0.4) is 0 Å². The number of carboxylic acids is 1. The highest BCUT2D eigenvalue weighted by Crippen LogP contribution is 2.23. The fourth-order valence-corrected chi connectivity index (χ4v) is 1.92. The monoisotopic (exact) mass is 280 g/mol. The number of carboxylic acid groups (broad SMARTS) is 1. The summed E-state index contributed by atoms with van der Waals surface area (Å²) in [7, 11) is 1.54. The molecular formula is C13H13ClN2O3. The van der Waals surface area contributed by atoms with Crippen LogP contribution in [-0.2, 0) is 6.54 Å². The van der Waals surface area contributed by atoms with E-state index < -0.39 is 5.97 Å². The number of aromatic carboxylic acids is 1. The molecule has 2 aromatic rings. The Hall–Kier alpha value is -2.01. The zero-order valence-corrected chi connectivity index (χ0v) is 11.3. The number of ether oxygens (including phenoxy) is 1. The second kappa shape index (κ2) is 5.32. The van der Waals surface area contributed by atoms with Gasteiger partial charge in [-0.25, -0.2) is 4.79 Å². The second-order valence-corrected chi connectivity index (χ2v) is 4.47. The molecule has 100 valence electrons. The zero-order chi connectivity index (χ0) is 14.0. The van der Waals surface area contributed by atoms with Crippen LogP contribution >= 0.6 is 11.6 Å². The van der Waals surface area contributed by atoms with E-state index in [1.165, 1.54) is 6.07 Å².